The van der Waals surface area contributed by atoms with Gasteiger partial charge in [0.1, 0.15) is 5.03 Å². The number of aryl methyl sites for hydroxylation is 1. The Hall–Kier alpha value is -2.48. The van der Waals surface area contributed by atoms with Gasteiger partial charge < -0.3 is 5.11 Å². The smallest absolute Gasteiger partial charge is 0.338 e. The number of aromatic carboxylic acids is 1. The summed E-state index contributed by atoms with van der Waals surface area (Å²) in [6.45, 7) is 3.36. The number of rotatable bonds is 4. The first-order chi connectivity index (χ1) is 9.90. The average molecular weight is 305 g/mol. The quantitative estimate of drug-likeness (QED) is 0.683. The Labute approximate surface area is 124 Å². The monoisotopic (exact) mass is 305 g/mol. The van der Waals surface area contributed by atoms with Crippen LogP contribution in [0.4, 0.5) is 5.69 Å². The number of carbonyl (C=O) groups is 1. The maximum Gasteiger partial charge on any atom is 0.338 e. The second-order valence-corrected chi connectivity index (χ2v) is 5.31. The van der Waals surface area contributed by atoms with Crippen LogP contribution in [0.3, 0.4) is 0 Å². The van der Waals surface area contributed by atoms with Crippen LogP contribution in [-0.2, 0) is 0 Å². The van der Waals surface area contributed by atoms with Crippen molar-refractivity contribution in [2.24, 2.45) is 0 Å². The zero-order valence-corrected chi connectivity index (χ0v) is 12.0. The van der Waals surface area contributed by atoms with E-state index >= 15 is 0 Å². The fraction of sp³-hybridized carbons (Fsp3) is 0.154. The van der Waals surface area contributed by atoms with Gasteiger partial charge in [-0.15, -0.1) is 5.10 Å². The van der Waals surface area contributed by atoms with Crippen molar-refractivity contribution in [3.63, 3.8) is 0 Å². The topological polar surface area (TPSA) is 106 Å². The maximum atomic E-state index is 11.4. The molecule has 0 amide bonds. The summed E-state index contributed by atoms with van der Waals surface area (Å²) in [5, 5.41) is 28.0. The first-order valence-corrected chi connectivity index (χ1v) is 6.71. The van der Waals surface area contributed by atoms with E-state index in [1.54, 1.807) is 26.0 Å². The van der Waals surface area contributed by atoms with Gasteiger partial charge in [0.15, 0.2) is 0 Å². The van der Waals surface area contributed by atoms with Gasteiger partial charge in [-0.25, -0.2) is 4.79 Å². The Morgan fingerprint density at radius 3 is 2.38 bits per heavy atom. The fourth-order valence-electron chi connectivity index (χ4n) is 1.66. The number of aromatic nitrogens is 2. The molecule has 1 aromatic carbocycles. The minimum atomic E-state index is -1.07. The highest BCUT2D eigenvalue weighted by atomic mass is 32.2. The number of hydrogen-bond acceptors (Lipinski definition) is 6. The summed E-state index contributed by atoms with van der Waals surface area (Å²) in [5.74, 6) is -1.07. The van der Waals surface area contributed by atoms with Gasteiger partial charge in [0.2, 0.25) is 0 Å². The summed E-state index contributed by atoms with van der Waals surface area (Å²) >= 11 is 1.11. The lowest BCUT2D eigenvalue weighted by molar-refractivity contribution is -0.384. The standard InChI is InChI=1S/C13H11N3O4S/c1-7-8(2)14-15-12(11(7)13(17)18)21-10-5-3-9(4-6-10)16(19)20/h3-6H,1-2H3,(H,17,18). The van der Waals surface area contributed by atoms with Crippen molar-refractivity contribution in [3.05, 3.63) is 51.2 Å². The molecular formula is C13H11N3O4S. The molecule has 0 aliphatic heterocycles. The molecule has 1 N–H and O–H groups in total. The van der Waals surface area contributed by atoms with Gasteiger partial charge >= 0.3 is 5.97 Å². The van der Waals surface area contributed by atoms with Crippen LogP contribution in [0.15, 0.2) is 34.2 Å². The van der Waals surface area contributed by atoms with Crippen LogP contribution in [0.25, 0.3) is 0 Å². The highest BCUT2D eigenvalue weighted by Gasteiger charge is 2.18. The Morgan fingerprint density at radius 1 is 1.24 bits per heavy atom. The van der Waals surface area contributed by atoms with Crippen molar-refractivity contribution in [2.45, 2.75) is 23.8 Å². The van der Waals surface area contributed by atoms with E-state index in [-0.39, 0.29) is 16.3 Å². The summed E-state index contributed by atoms with van der Waals surface area (Å²) in [6.07, 6.45) is 0. The summed E-state index contributed by atoms with van der Waals surface area (Å²) in [5.41, 5.74) is 1.19. The predicted molar refractivity (Wildman–Crippen MR) is 75.7 cm³/mol. The fourth-order valence-corrected chi connectivity index (χ4v) is 2.58. The van der Waals surface area contributed by atoms with E-state index in [1.807, 2.05) is 0 Å². The number of nitrogens with zero attached hydrogens (tertiary/aromatic N) is 3. The van der Waals surface area contributed by atoms with Crippen LogP contribution in [0, 0.1) is 24.0 Å². The van der Waals surface area contributed by atoms with Gasteiger partial charge in [0.25, 0.3) is 5.69 Å². The van der Waals surface area contributed by atoms with Crippen LogP contribution in [0.1, 0.15) is 21.6 Å². The van der Waals surface area contributed by atoms with Crippen LogP contribution in [0.2, 0.25) is 0 Å². The Morgan fingerprint density at radius 2 is 1.86 bits per heavy atom. The molecule has 1 heterocycles. The number of carboxylic acids is 1. The van der Waals surface area contributed by atoms with E-state index in [9.17, 15) is 20.0 Å². The third-order valence-electron chi connectivity index (χ3n) is 2.90. The van der Waals surface area contributed by atoms with E-state index in [0.717, 1.165) is 11.8 Å². The molecular weight excluding hydrogens is 294 g/mol. The van der Waals surface area contributed by atoms with E-state index in [1.165, 1.54) is 12.1 Å². The molecule has 0 saturated heterocycles. The minimum absolute atomic E-state index is 0.0241. The molecule has 108 valence electrons. The second kappa shape index (κ2) is 5.88. The van der Waals surface area contributed by atoms with Crippen molar-refractivity contribution in [1.29, 1.82) is 0 Å². The van der Waals surface area contributed by atoms with Crippen molar-refractivity contribution in [1.82, 2.24) is 10.2 Å². The number of nitro benzene ring substituents is 1. The van der Waals surface area contributed by atoms with E-state index in [2.05, 4.69) is 10.2 Å². The van der Waals surface area contributed by atoms with Gasteiger partial charge in [0.05, 0.1) is 16.2 Å². The molecule has 0 spiro atoms. The molecule has 0 saturated carbocycles. The van der Waals surface area contributed by atoms with Gasteiger partial charge in [0, 0.05) is 17.0 Å². The summed E-state index contributed by atoms with van der Waals surface area (Å²) in [4.78, 5) is 22.1. The Balaban J connectivity index is 2.37. The second-order valence-electron chi connectivity index (χ2n) is 4.25. The van der Waals surface area contributed by atoms with Gasteiger partial charge in [-0.1, -0.05) is 11.8 Å². The molecule has 8 heteroatoms. The largest absolute Gasteiger partial charge is 0.478 e. The van der Waals surface area contributed by atoms with Crippen molar-refractivity contribution in [2.75, 3.05) is 0 Å². The molecule has 2 aromatic rings. The number of non-ortho nitro benzene ring substituents is 1. The number of carboxylic acid groups (broad SMARTS) is 1. The highest BCUT2D eigenvalue weighted by molar-refractivity contribution is 7.99. The average Bonchev–Trinajstić information content (AvgIpc) is 2.43. The zero-order valence-electron chi connectivity index (χ0n) is 11.2. The molecule has 0 aliphatic rings. The number of hydrogen-bond donors (Lipinski definition) is 1. The first kappa shape index (κ1) is 14.9. The molecule has 7 nitrogen and oxygen atoms in total. The van der Waals surface area contributed by atoms with Crippen LogP contribution >= 0.6 is 11.8 Å². The van der Waals surface area contributed by atoms with Crippen molar-refractivity contribution < 1.29 is 14.8 Å². The van der Waals surface area contributed by atoms with Crippen LogP contribution in [-0.4, -0.2) is 26.2 Å². The third-order valence-corrected chi connectivity index (χ3v) is 3.89. The highest BCUT2D eigenvalue weighted by Crippen LogP contribution is 2.31. The SMILES string of the molecule is Cc1nnc(Sc2ccc([N+](=O)[O-])cc2)c(C(=O)O)c1C. The third kappa shape index (κ3) is 3.16. The maximum absolute atomic E-state index is 11.4. The van der Waals surface area contributed by atoms with E-state index < -0.39 is 10.9 Å². The molecule has 0 aliphatic carbocycles. The van der Waals surface area contributed by atoms with Crippen molar-refractivity contribution >= 4 is 23.4 Å². The molecule has 0 bridgehead atoms. The molecule has 2 rings (SSSR count). The summed E-state index contributed by atoms with van der Waals surface area (Å²) < 4.78 is 0. The Bertz CT molecular complexity index is 716. The predicted octanol–water partition coefficient (Wildman–Crippen LogP) is 2.85. The van der Waals surface area contributed by atoms with Gasteiger partial charge in [-0.05, 0) is 31.5 Å². The van der Waals surface area contributed by atoms with Crippen molar-refractivity contribution in [3.8, 4) is 0 Å². The molecule has 0 fully saturated rings. The summed E-state index contributed by atoms with van der Waals surface area (Å²) in [6, 6.07) is 5.81. The van der Waals surface area contributed by atoms with Crippen LogP contribution < -0.4 is 0 Å². The molecule has 0 radical (unpaired) electrons. The van der Waals surface area contributed by atoms with Gasteiger partial charge in [-0.3, -0.25) is 10.1 Å². The number of benzene rings is 1. The number of nitro groups is 1. The lowest BCUT2D eigenvalue weighted by Gasteiger charge is -2.08. The lowest BCUT2D eigenvalue weighted by atomic mass is 10.1. The lowest BCUT2D eigenvalue weighted by Crippen LogP contribution is -2.07. The summed E-state index contributed by atoms with van der Waals surface area (Å²) in [7, 11) is 0. The molecule has 21 heavy (non-hydrogen) atoms. The normalized spacial score (nSPS) is 10.4. The van der Waals surface area contributed by atoms with E-state index in [0.29, 0.717) is 16.2 Å². The van der Waals surface area contributed by atoms with Crippen LogP contribution in [0.5, 0.6) is 0 Å². The van der Waals surface area contributed by atoms with E-state index in [4.69, 9.17) is 0 Å². The van der Waals surface area contributed by atoms with Gasteiger partial charge in [-0.2, -0.15) is 5.10 Å². The zero-order chi connectivity index (χ0) is 15.6. The first-order valence-electron chi connectivity index (χ1n) is 5.89. The minimum Gasteiger partial charge on any atom is -0.478 e. The molecule has 1 aromatic heterocycles. The Kier molecular flexibility index (Phi) is 4.18. The molecule has 0 atom stereocenters. The molecule has 0 unspecified atom stereocenters.